The van der Waals surface area contributed by atoms with E-state index in [0.29, 0.717) is 0 Å². The maximum Gasteiger partial charge on any atom is 0.416 e. The van der Waals surface area contributed by atoms with E-state index >= 15 is 0 Å². The van der Waals surface area contributed by atoms with Crippen molar-refractivity contribution in [3.05, 3.63) is 0 Å². The van der Waals surface area contributed by atoms with Crippen molar-refractivity contribution in [2.45, 2.75) is 20.8 Å². The molecule has 70 valence electrons. The predicted octanol–water partition coefficient (Wildman–Crippen LogP) is 1.26. The van der Waals surface area contributed by atoms with Gasteiger partial charge in [-0.05, 0) is 6.92 Å². The molecule has 0 N–H and O–H groups in total. The molecule has 0 aliphatic rings. The Kier molecular flexibility index (Phi) is 4.33. The fourth-order valence-corrected chi connectivity index (χ4v) is 0.698. The second-order valence-corrected chi connectivity index (χ2v) is 2.75. The zero-order valence-electron chi connectivity index (χ0n) is 7.96. The molecule has 0 heterocycles. The first-order valence-corrected chi connectivity index (χ1v) is 3.95. The molecule has 0 aromatic rings. The van der Waals surface area contributed by atoms with Gasteiger partial charge in [0.25, 0.3) is 0 Å². The quantitative estimate of drug-likeness (QED) is 0.631. The minimum absolute atomic E-state index is 0.181. The van der Waals surface area contributed by atoms with E-state index in [4.69, 9.17) is 0 Å². The molecule has 0 fully saturated rings. The smallest absolute Gasteiger partial charge is 0.416 e. The average molecular weight is 173 g/mol. The van der Waals surface area contributed by atoms with Crippen molar-refractivity contribution in [3.8, 4) is 0 Å². The second kappa shape index (κ2) is 4.74. The van der Waals surface area contributed by atoms with Crippen LogP contribution in [0.2, 0.25) is 0 Å². The topological polar surface area (TPSA) is 46.6 Å². The lowest BCUT2D eigenvalue weighted by molar-refractivity contribution is -0.131. The molecule has 0 atom stereocenters. The van der Waals surface area contributed by atoms with Crippen LogP contribution >= 0.6 is 0 Å². The summed E-state index contributed by atoms with van der Waals surface area (Å²) in [4.78, 5) is 23.2. The summed E-state index contributed by atoms with van der Waals surface area (Å²) in [5.74, 6) is -0.409. The van der Waals surface area contributed by atoms with Crippen LogP contribution in [0, 0.1) is 5.92 Å². The van der Waals surface area contributed by atoms with Gasteiger partial charge in [0.1, 0.15) is 0 Å². The van der Waals surface area contributed by atoms with Crippen LogP contribution in [-0.4, -0.2) is 30.6 Å². The van der Waals surface area contributed by atoms with Gasteiger partial charge in [-0.2, -0.15) is 0 Å². The monoisotopic (exact) mass is 173 g/mol. The Balaban J connectivity index is 4.10. The van der Waals surface area contributed by atoms with Gasteiger partial charge in [0.15, 0.2) is 0 Å². The van der Waals surface area contributed by atoms with Gasteiger partial charge in [0.2, 0.25) is 5.91 Å². The lowest BCUT2D eigenvalue weighted by Crippen LogP contribution is -2.36. The molecule has 12 heavy (non-hydrogen) atoms. The minimum Gasteiger partial charge on any atom is -0.449 e. The van der Waals surface area contributed by atoms with Gasteiger partial charge in [-0.25, -0.2) is 4.79 Å². The van der Waals surface area contributed by atoms with Crippen molar-refractivity contribution >= 4 is 12.0 Å². The SMILES string of the molecule is CCOC(=O)N(C)C(=O)C(C)C. The van der Waals surface area contributed by atoms with Crippen LogP contribution in [0.4, 0.5) is 4.79 Å². The lowest BCUT2D eigenvalue weighted by atomic mass is 10.2. The molecule has 0 spiro atoms. The molecule has 0 aromatic carbocycles. The van der Waals surface area contributed by atoms with E-state index in [1.807, 2.05) is 0 Å². The van der Waals surface area contributed by atoms with E-state index in [0.717, 1.165) is 4.90 Å². The highest BCUT2D eigenvalue weighted by atomic mass is 16.6. The number of carbonyl (C=O) groups is 2. The molecule has 0 rings (SSSR count). The van der Waals surface area contributed by atoms with Crippen LogP contribution in [-0.2, 0) is 9.53 Å². The third-order valence-corrected chi connectivity index (χ3v) is 1.37. The van der Waals surface area contributed by atoms with Crippen molar-refractivity contribution < 1.29 is 14.3 Å². The van der Waals surface area contributed by atoms with E-state index in [1.165, 1.54) is 7.05 Å². The Bertz CT molecular complexity index is 177. The zero-order chi connectivity index (χ0) is 9.72. The fourth-order valence-electron chi connectivity index (χ4n) is 0.698. The molecule has 0 saturated carbocycles. The number of ether oxygens (including phenoxy) is 1. The van der Waals surface area contributed by atoms with Gasteiger partial charge in [-0.15, -0.1) is 0 Å². The van der Waals surface area contributed by atoms with Crippen LogP contribution in [0.15, 0.2) is 0 Å². The van der Waals surface area contributed by atoms with Crippen molar-refractivity contribution in [1.29, 1.82) is 0 Å². The second-order valence-electron chi connectivity index (χ2n) is 2.75. The first-order valence-electron chi connectivity index (χ1n) is 3.95. The first-order chi connectivity index (χ1) is 5.50. The zero-order valence-corrected chi connectivity index (χ0v) is 7.96. The molecule has 0 aliphatic heterocycles. The average Bonchev–Trinajstić information content (AvgIpc) is 2.02. The number of hydrogen-bond donors (Lipinski definition) is 0. The number of amides is 2. The van der Waals surface area contributed by atoms with Gasteiger partial charge >= 0.3 is 6.09 Å². The van der Waals surface area contributed by atoms with Crippen LogP contribution in [0.1, 0.15) is 20.8 Å². The molecule has 0 bridgehead atoms. The van der Waals surface area contributed by atoms with Crippen LogP contribution < -0.4 is 0 Å². The van der Waals surface area contributed by atoms with Gasteiger partial charge in [-0.1, -0.05) is 13.8 Å². The molecule has 0 unspecified atom stereocenters. The number of carbonyl (C=O) groups excluding carboxylic acids is 2. The Morgan fingerprint density at radius 1 is 1.42 bits per heavy atom. The maximum absolute atomic E-state index is 11.2. The molecular weight excluding hydrogens is 158 g/mol. The summed E-state index contributed by atoms with van der Waals surface area (Å²) in [5.41, 5.74) is 0. The number of hydrogen-bond acceptors (Lipinski definition) is 3. The highest BCUT2D eigenvalue weighted by molar-refractivity contribution is 5.92. The summed E-state index contributed by atoms with van der Waals surface area (Å²) >= 11 is 0. The molecule has 4 heteroatoms. The van der Waals surface area contributed by atoms with Crippen molar-refractivity contribution in [2.75, 3.05) is 13.7 Å². The normalized spacial score (nSPS) is 9.75. The highest BCUT2D eigenvalue weighted by Crippen LogP contribution is 2.00. The predicted molar refractivity (Wildman–Crippen MR) is 44.6 cm³/mol. The van der Waals surface area contributed by atoms with Crippen molar-refractivity contribution in [3.63, 3.8) is 0 Å². The third-order valence-electron chi connectivity index (χ3n) is 1.37. The maximum atomic E-state index is 11.2. The van der Waals surface area contributed by atoms with Gasteiger partial charge < -0.3 is 4.74 Å². The molecule has 4 nitrogen and oxygen atoms in total. The molecule has 0 radical (unpaired) electrons. The number of imide groups is 1. The minimum atomic E-state index is -0.587. The summed E-state index contributed by atoms with van der Waals surface area (Å²) in [5, 5.41) is 0. The Morgan fingerprint density at radius 3 is 2.25 bits per heavy atom. The van der Waals surface area contributed by atoms with Crippen LogP contribution in [0.5, 0.6) is 0 Å². The van der Waals surface area contributed by atoms with E-state index in [2.05, 4.69) is 4.74 Å². The molecule has 2 amide bonds. The van der Waals surface area contributed by atoms with Crippen molar-refractivity contribution in [2.24, 2.45) is 5.92 Å². The first kappa shape index (κ1) is 10.9. The standard InChI is InChI=1S/C8H15NO3/c1-5-12-8(11)9(4)7(10)6(2)3/h6H,5H2,1-4H3. The molecule has 0 aromatic heterocycles. The molecule has 0 saturated heterocycles. The van der Waals surface area contributed by atoms with Crippen molar-refractivity contribution in [1.82, 2.24) is 4.90 Å². The van der Waals surface area contributed by atoms with E-state index in [1.54, 1.807) is 20.8 Å². The fraction of sp³-hybridized carbons (Fsp3) is 0.750. The summed E-state index contributed by atoms with van der Waals surface area (Å²) in [7, 11) is 1.42. The Labute approximate surface area is 72.5 Å². The van der Waals surface area contributed by atoms with E-state index in [-0.39, 0.29) is 18.4 Å². The van der Waals surface area contributed by atoms with Gasteiger partial charge in [0, 0.05) is 13.0 Å². The number of nitrogens with zero attached hydrogens (tertiary/aromatic N) is 1. The van der Waals surface area contributed by atoms with Crippen LogP contribution in [0.3, 0.4) is 0 Å². The molecule has 0 aliphatic carbocycles. The van der Waals surface area contributed by atoms with Crippen LogP contribution in [0.25, 0.3) is 0 Å². The summed E-state index contributed by atoms with van der Waals surface area (Å²) in [6.45, 7) is 5.45. The van der Waals surface area contributed by atoms with Gasteiger partial charge in [0.05, 0.1) is 6.61 Å². The third kappa shape index (κ3) is 2.90. The largest absolute Gasteiger partial charge is 0.449 e. The summed E-state index contributed by atoms with van der Waals surface area (Å²) in [6, 6.07) is 0. The Hall–Kier alpha value is -1.06. The number of rotatable bonds is 2. The highest BCUT2D eigenvalue weighted by Gasteiger charge is 2.19. The molecular formula is C8H15NO3. The Morgan fingerprint density at radius 2 is 1.92 bits per heavy atom. The lowest BCUT2D eigenvalue weighted by Gasteiger charge is -2.16. The summed E-state index contributed by atoms with van der Waals surface area (Å²) in [6.07, 6.45) is -0.587. The summed E-state index contributed by atoms with van der Waals surface area (Å²) < 4.78 is 4.64. The van der Waals surface area contributed by atoms with E-state index in [9.17, 15) is 9.59 Å². The van der Waals surface area contributed by atoms with E-state index < -0.39 is 6.09 Å². The van der Waals surface area contributed by atoms with Gasteiger partial charge in [-0.3, -0.25) is 9.69 Å².